The highest BCUT2D eigenvalue weighted by atomic mass is 35.5. The van der Waals surface area contributed by atoms with E-state index >= 15 is 0 Å². The van der Waals surface area contributed by atoms with Gasteiger partial charge >= 0.3 is 6.03 Å². The lowest BCUT2D eigenvalue weighted by atomic mass is 10.1. The maximum atomic E-state index is 12.7. The molecule has 0 aliphatic carbocycles. The van der Waals surface area contributed by atoms with Gasteiger partial charge in [-0.3, -0.25) is 9.59 Å². The summed E-state index contributed by atoms with van der Waals surface area (Å²) in [5.41, 5.74) is 2.38. The Kier molecular flexibility index (Phi) is 6.72. The van der Waals surface area contributed by atoms with E-state index in [1.165, 1.54) is 10.5 Å². The Morgan fingerprint density at radius 2 is 1.69 bits per heavy atom. The summed E-state index contributed by atoms with van der Waals surface area (Å²) in [5.74, 6) is -0.681. The van der Waals surface area contributed by atoms with Crippen molar-refractivity contribution in [3.63, 3.8) is 0 Å². The van der Waals surface area contributed by atoms with Crippen LogP contribution >= 0.6 is 11.6 Å². The quantitative estimate of drug-likeness (QED) is 0.701. The van der Waals surface area contributed by atoms with E-state index in [0.717, 1.165) is 6.42 Å². The van der Waals surface area contributed by atoms with Crippen LogP contribution in [0.2, 0.25) is 5.02 Å². The van der Waals surface area contributed by atoms with Crippen molar-refractivity contribution in [2.75, 3.05) is 23.7 Å². The van der Waals surface area contributed by atoms with Crippen molar-refractivity contribution in [1.29, 1.82) is 0 Å². The molecule has 8 heteroatoms. The van der Waals surface area contributed by atoms with Crippen LogP contribution in [0.15, 0.2) is 48.5 Å². The Morgan fingerprint density at radius 3 is 2.34 bits per heavy atom. The van der Waals surface area contributed by atoms with Crippen LogP contribution < -0.4 is 16.0 Å². The molecule has 0 bridgehead atoms. The van der Waals surface area contributed by atoms with Crippen molar-refractivity contribution in [2.45, 2.75) is 25.8 Å². The van der Waals surface area contributed by atoms with Crippen LogP contribution in [0.3, 0.4) is 0 Å². The van der Waals surface area contributed by atoms with Crippen molar-refractivity contribution >= 4 is 40.8 Å². The van der Waals surface area contributed by atoms with E-state index < -0.39 is 12.1 Å². The van der Waals surface area contributed by atoms with Gasteiger partial charge in [0.05, 0.1) is 6.42 Å². The van der Waals surface area contributed by atoms with Crippen LogP contribution in [-0.2, 0) is 16.0 Å². The lowest BCUT2D eigenvalue weighted by Crippen LogP contribution is -2.59. The fourth-order valence-electron chi connectivity index (χ4n) is 3.10. The van der Waals surface area contributed by atoms with Crippen LogP contribution in [0.1, 0.15) is 18.9 Å². The first-order valence-corrected chi connectivity index (χ1v) is 9.83. The number of hydrogen-bond acceptors (Lipinski definition) is 3. The predicted molar refractivity (Wildman–Crippen MR) is 113 cm³/mol. The summed E-state index contributed by atoms with van der Waals surface area (Å²) in [6, 6.07) is 12.9. The van der Waals surface area contributed by atoms with Gasteiger partial charge in [0, 0.05) is 29.5 Å². The molecule has 1 fully saturated rings. The van der Waals surface area contributed by atoms with Crippen LogP contribution in [0.25, 0.3) is 0 Å². The zero-order valence-corrected chi connectivity index (χ0v) is 16.8. The number of aryl methyl sites for hydroxylation is 1. The molecule has 0 spiro atoms. The fourth-order valence-corrected chi connectivity index (χ4v) is 3.23. The Bertz CT molecular complexity index is 884. The third kappa shape index (κ3) is 5.48. The lowest BCUT2D eigenvalue weighted by molar-refractivity contribution is -0.130. The molecule has 29 heavy (non-hydrogen) atoms. The first kappa shape index (κ1) is 20.7. The molecule has 3 N–H and O–H groups in total. The summed E-state index contributed by atoms with van der Waals surface area (Å²) in [5, 5.41) is 8.80. The number of piperazine rings is 1. The molecule has 1 atom stereocenters. The zero-order chi connectivity index (χ0) is 20.8. The lowest BCUT2D eigenvalue weighted by Gasteiger charge is -2.34. The van der Waals surface area contributed by atoms with E-state index in [1.54, 1.807) is 24.3 Å². The monoisotopic (exact) mass is 414 g/mol. The normalized spacial score (nSPS) is 16.1. The van der Waals surface area contributed by atoms with Gasteiger partial charge in [0.25, 0.3) is 0 Å². The number of halogens is 1. The molecule has 1 aliphatic rings. The number of anilines is 2. The summed E-state index contributed by atoms with van der Waals surface area (Å²) in [6.07, 6.45) is 0.781. The van der Waals surface area contributed by atoms with E-state index in [9.17, 15) is 14.4 Å². The number of carbonyl (C=O) groups excluding carboxylic acids is 3. The van der Waals surface area contributed by atoms with Crippen molar-refractivity contribution < 1.29 is 14.4 Å². The number of amides is 4. The van der Waals surface area contributed by atoms with Crippen LogP contribution in [0.5, 0.6) is 0 Å². The topological polar surface area (TPSA) is 90.5 Å². The average molecular weight is 415 g/mol. The Balaban J connectivity index is 1.65. The standard InChI is InChI=1S/C21H23ClN4O3/c1-2-14-3-7-16(8-4-14)24-19(27)13-18-20(28)23-11-12-26(18)21(29)25-17-9-5-15(22)6-10-17/h3-10,18H,2,11-13H2,1H3,(H,23,28)(H,24,27)(H,25,29)/t18-/m0/s1. The SMILES string of the molecule is CCc1ccc(NC(=O)C[C@H]2C(=O)NCCN2C(=O)Nc2ccc(Cl)cc2)cc1. The number of nitrogens with zero attached hydrogens (tertiary/aromatic N) is 1. The first-order chi connectivity index (χ1) is 14.0. The smallest absolute Gasteiger partial charge is 0.322 e. The van der Waals surface area contributed by atoms with Crippen molar-refractivity contribution in [1.82, 2.24) is 10.2 Å². The van der Waals surface area contributed by atoms with E-state index in [1.807, 2.05) is 24.3 Å². The van der Waals surface area contributed by atoms with Gasteiger partial charge in [-0.25, -0.2) is 4.79 Å². The van der Waals surface area contributed by atoms with E-state index in [0.29, 0.717) is 29.5 Å². The van der Waals surface area contributed by atoms with Crippen LogP contribution in [-0.4, -0.2) is 41.9 Å². The molecule has 152 valence electrons. The summed E-state index contributed by atoms with van der Waals surface area (Å²) in [4.78, 5) is 38.9. The highest BCUT2D eigenvalue weighted by Crippen LogP contribution is 2.17. The number of carbonyl (C=O) groups is 3. The van der Waals surface area contributed by atoms with Gasteiger partial charge in [-0.1, -0.05) is 30.7 Å². The van der Waals surface area contributed by atoms with Gasteiger partial charge in [0.2, 0.25) is 11.8 Å². The van der Waals surface area contributed by atoms with E-state index in [2.05, 4.69) is 22.9 Å². The second-order valence-electron chi connectivity index (χ2n) is 6.74. The van der Waals surface area contributed by atoms with Crippen LogP contribution in [0, 0.1) is 0 Å². The van der Waals surface area contributed by atoms with Gasteiger partial charge < -0.3 is 20.9 Å². The zero-order valence-electron chi connectivity index (χ0n) is 16.1. The van der Waals surface area contributed by atoms with E-state index in [4.69, 9.17) is 11.6 Å². The number of urea groups is 1. The molecule has 3 rings (SSSR count). The molecule has 1 aliphatic heterocycles. The fraction of sp³-hybridized carbons (Fsp3) is 0.286. The van der Waals surface area contributed by atoms with Gasteiger partial charge in [-0.2, -0.15) is 0 Å². The van der Waals surface area contributed by atoms with Crippen molar-refractivity contribution in [2.24, 2.45) is 0 Å². The van der Waals surface area contributed by atoms with Gasteiger partial charge in [0.15, 0.2) is 0 Å². The third-order valence-electron chi connectivity index (χ3n) is 4.71. The molecule has 0 radical (unpaired) electrons. The maximum absolute atomic E-state index is 12.7. The second-order valence-corrected chi connectivity index (χ2v) is 7.18. The maximum Gasteiger partial charge on any atom is 0.322 e. The average Bonchev–Trinajstić information content (AvgIpc) is 2.71. The summed E-state index contributed by atoms with van der Waals surface area (Å²) in [7, 11) is 0. The molecular weight excluding hydrogens is 392 g/mol. The number of nitrogens with one attached hydrogen (secondary N) is 3. The van der Waals surface area contributed by atoms with Crippen molar-refractivity contribution in [3.8, 4) is 0 Å². The minimum atomic E-state index is -0.883. The van der Waals surface area contributed by atoms with Crippen LogP contribution in [0.4, 0.5) is 16.2 Å². The molecule has 2 aromatic rings. The minimum absolute atomic E-state index is 0.130. The Labute approximate surface area is 174 Å². The summed E-state index contributed by atoms with van der Waals surface area (Å²) < 4.78 is 0. The number of hydrogen-bond donors (Lipinski definition) is 3. The molecular formula is C21H23ClN4O3. The molecule has 0 saturated carbocycles. The predicted octanol–water partition coefficient (Wildman–Crippen LogP) is 3.26. The Hall–Kier alpha value is -3.06. The molecule has 4 amide bonds. The molecule has 2 aromatic carbocycles. The number of rotatable bonds is 5. The largest absolute Gasteiger partial charge is 0.353 e. The summed E-state index contributed by atoms with van der Waals surface area (Å²) >= 11 is 5.86. The van der Waals surface area contributed by atoms with Gasteiger partial charge in [0.1, 0.15) is 6.04 Å². The first-order valence-electron chi connectivity index (χ1n) is 9.46. The van der Waals surface area contributed by atoms with E-state index in [-0.39, 0.29) is 18.2 Å². The highest BCUT2D eigenvalue weighted by Gasteiger charge is 2.34. The minimum Gasteiger partial charge on any atom is -0.353 e. The molecule has 1 saturated heterocycles. The molecule has 0 unspecified atom stereocenters. The van der Waals surface area contributed by atoms with Crippen molar-refractivity contribution in [3.05, 3.63) is 59.1 Å². The Morgan fingerprint density at radius 1 is 1.07 bits per heavy atom. The second kappa shape index (κ2) is 9.43. The molecule has 7 nitrogen and oxygen atoms in total. The molecule has 0 aromatic heterocycles. The van der Waals surface area contributed by atoms with Gasteiger partial charge in [-0.15, -0.1) is 0 Å². The number of benzene rings is 2. The molecule has 1 heterocycles. The van der Waals surface area contributed by atoms with Gasteiger partial charge in [-0.05, 0) is 48.4 Å². The highest BCUT2D eigenvalue weighted by molar-refractivity contribution is 6.30. The third-order valence-corrected chi connectivity index (χ3v) is 4.96. The summed E-state index contributed by atoms with van der Waals surface area (Å²) in [6.45, 7) is 2.71.